The number of anilines is 1. The fourth-order valence-electron chi connectivity index (χ4n) is 4.31. The van der Waals surface area contributed by atoms with Crippen molar-refractivity contribution in [2.75, 3.05) is 31.6 Å². The smallest absolute Gasteiger partial charge is 0.276 e. The number of likely N-dealkylation sites (N-methyl/N-ethyl adjacent to an activating group) is 1. The lowest BCUT2D eigenvalue weighted by Gasteiger charge is -2.43. The van der Waals surface area contributed by atoms with Crippen molar-refractivity contribution in [2.24, 2.45) is 0 Å². The first-order valence-corrected chi connectivity index (χ1v) is 16.0. The average Bonchev–Trinajstić information content (AvgIpc) is 2.79. The minimum atomic E-state index is -3.00. The maximum Gasteiger partial charge on any atom is 0.276 e. The average molecular weight is 574 g/mol. The van der Waals surface area contributed by atoms with Gasteiger partial charge in [-0.15, -0.1) is 0 Å². The van der Waals surface area contributed by atoms with Crippen LogP contribution in [0.3, 0.4) is 0 Å². The molecule has 0 spiro atoms. The zero-order chi connectivity index (χ0) is 26.0. The van der Waals surface area contributed by atoms with Gasteiger partial charge in [-0.1, -0.05) is 19.6 Å². The number of benzene rings is 1. The van der Waals surface area contributed by atoms with Crippen LogP contribution in [0.5, 0.6) is 0 Å². The van der Waals surface area contributed by atoms with Crippen LogP contribution in [-0.4, -0.2) is 63.0 Å². The molecular weight excluding hydrogens is 541 g/mol. The van der Waals surface area contributed by atoms with Gasteiger partial charge in [-0.2, -0.15) is 0 Å². The molecule has 1 amide bonds. The predicted octanol–water partition coefficient (Wildman–Crippen LogP) is 5.28. The number of aromatic nitrogens is 1. The molecule has 3 rings (SSSR count). The van der Waals surface area contributed by atoms with Crippen LogP contribution in [0.1, 0.15) is 22.8 Å². The van der Waals surface area contributed by atoms with Gasteiger partial charge >= 0.3 is 0 Å². The van der Waals surface area contributed by atoms with Gasteiger partial charge in [0.05, 0.1) is 10.0 Å². The third-order valence-electron chi connectivity index (χ3n) is 6.19. The van der Waals surface area contributed by atoms with Crippen molar-refractivity contribution in [1.29, 1.82) is 0 Å². The summed E-state index contributed by atoms with van der Waals surface area (Å²) in [5.41, 5.74) is 0.740. The van der Waals surface area contributed by atoms with Crippen LogP contribution < -0.4 is 10.4 Å². The van der Waals surface area contributed by atoms with Crippen LogP contribution in [0.4, 0.5) is 18.9 Å². The van der Waals surface area contributed by atoms with Gasteiger partial charge in [0, 0.05) is 57.4 Å². The van der Waals surface area contributed by atoms with Gasteiger partial charge in [0.25, 0.3) is 12.3 Å². The predicted molar refractivity (Wildman–Crippen MR) is 137 cm³/mol. The van der Waals surface area contributed by atoms with Crippen LogP contribution in [0.15, 0.2) is 41.1 Å². The summed E-state index contributed by atoms with van der Waals surface area (Å²) < 4.78 is 45.1. The van der Waals surface area contributed by atoms with E-state index in [1.54, 1.807) is 6.07 Å². The Morgan fingerprint density at radius 2 is 2.06 bits per heavy atom. The first kappa shape index (κ1) is 27.6. The highest BCUT2D eigenvalue weighted by atomic mass is 79.9. The Kier molecular flexibility index (Phi) is 8.67. The summed E-state index contributed by atoms with van der Waals surface area (Å²) in [6, 6.07) is 5.88. The van der Waals surface area contributed by atoms with E-state index in [0.29, 0.717) is 25.3 Å². The summed E-state index contributed by atoms with van der Waals surface area (Å²) in [5, 5.41) is 0. The summed E-state index contributed by atoms with van der Waals surface area (Å²) >= 11 is 3.18. The second kappa shape index (κ2) is 11.0. The zero-order valence-corrected chi connectivity index (χ0v) is 23.2. The molecule has 0 saturated carbocycles. The standard InChI is InChI=1S/C24H32BrF3N4O2Si/c1-16-14-32(10-9-31(16)2)21-12-20(26)19(25)11-18(21)24(23(27)28,15-35(3,4)5)34-30-22(33)17-7-6-8-29-13-17/h6-8,11-13,16,23H,9-10,14-15H2,1-5H3,(H,30,33)/t16-,24-/m0/s1. The molecule has 1 aliphatic rings. The number of alkyl halides is 2. The Hall–Kier alpha value is -1.95. The van der Waals surface area contributed by atoms with Gasteiger partial charge < -0.3 is 9.80 Å². The highest BCUT2D eigenvalue weighted by Gasteiger charge is 2.50. The van der Waals surface area contributed by atoms with E-state index >= 15 is 8.78 Å². The molecule has 2 heterocycles. The summed E-state index contributed by atoms with van der Waals surface area (Å²) in [5.74, 6) is -1.24. The Morgan fingerprint density at radius 1 is 1.34 bits per heavy atom. The molecule has 0 unspecified atom stereocenters. The van der Waals surface area contributed by atoms with Crippen LogP contribution >= 0.6 is 15.9 Å². The number of piperazine rings is 1. The molecule has 192 valence electrons. The van der Waals surface area contributed by atoms with E-state index < -0.39 is 31.8 Å². The van der Waals surface area contributed by atoms with Gasteiger partial charge in [-0.3, -0.25) is 14.6 Å². The van der Waals surface area contributed by atoms with Crippen molar-refractivity contribution >= 4 is 35.6 Å². The molecule has 6 nitrogen and oxygen atoms in total. The van der Waals surface area contributed by atoms with Crippen LogP contribution in [0.2, 0.25) is 25.7 Å². The number of carbonyl (C=O) groups excluding carboxylic acids is 1. The largest absolute Gasteiger partial charge is 0.368 e. The van der Waals surface area contributed by atoms with Crippen molar-refractivity contribution in [1.82, 2.24) is 15.4 Å². The fraction of sp³-hybridized carbons (Fsp3) is 0.500. The molecule has 1 N–H and O–H groups in total. The highest BCUT2D eigenvalue weighted by Crippen LogP contribution is 2.46. The van der Waals surface area contributed by atoms with Crippen molar-refractivity contribution in [2.45, 2.75) is 50.7 Å². The number of pyridine rings is 1. The molecular formula is C24H32BrF3N4O2Si. The summed E-state index contributed by atoms with van der Waals surface area (Å²) in [6.45, 7) is 9.68. The van der Waals surface area contributed by atoms with E-state index in [4.69, 9.17) is 4.84 Å². The minimum absolute atomic E-state index is 0.000640. The number of carbonyl (C=O) groups is 1. The molecule has 1 aromatic carbocycles. The number of hydroxylamine groups is 1. The van der Waals surface area contributed by atoms with E-state index in [1.165, 1.54) is 30.6 Å². The molecule has 0 aliphatic carbocycles. The maximum absolute atomic E-state index is 15.1. The second-order valence-electron chi connectivity index (χ2n) is 10.3. The monoisotopic (exact) mass is 572 g/mol. The Morgan fingerprint density at radius 3 is 2.63 bits per heavy atom. The molecule has 0 radical (unpaired) electrons. The van der Waals surface area contributed by atoms with E-state index in [0.717, 1.165) is 0 Å². The van der Waals surface area contributed by atoms with E-state index in [9.17, 15) is 9.18 Å². The number of rotatable bonds is 8. The summed E-state index contributed by atoms with van der Waals surface area (Å²) in [6.07, 6.45) is -0.164. The molecule has 11 heteroatoms. The highest BCUT2D eigenvalue weighted by molar-refractivity contribution is 9.10. The number of halogens is 4. The van der Waals surface area contributed by atoms with Crippen molar-refractivity contribution < 1.29 is 22.8 Å². The van der Waals surface area contributed by atoms with E-state index in [2.05, 4.69) is 31.3 Å². The van der Waals surface area contributed by atoms with E-state index in [-0.39, 0.29) is 27.7 Å². The van der Waals surface area contributed by atoms with Crippen LogP contribution in [0.25, 0.3) is 0 Å². The lowest BCUT2D eigenvalue weighted by Crippen LogP contribution is -2.52. The maximum atomic E-state index is 15.1. The van der Waals surface area contributed by atoms with Crippen molar-refractivity contribution in [3.8, 4) is 0 Å². The molecule has 1 saturated heterocycles. The Balaban J connectivity index is 2.11. The summed E-state index contributed by atoms with van der Waals surface area (Å²) in [7, 11) is -0.225. The molecule has 35 heavy (non-hydrogen) atoms. The molecule has 0 bridgehead atoms. The molecule has 2 aromatic rings. The van der Waals surface area contributed by atoms with Crippen LogP contribution in [0, 0.1) is 5.82 Å². The second-order valence-corrected chi connectivity index (χ2v) is 16.6. The van der Waals surface area contributed by atoms with E-state index in [1.807, 2.05) is 38.5 Å². The van der Waals surface area contributed by atoms with Gasteiger partial charge in [0.1, 0.15) is 5.82 Å². The number of hydrogen-bond donors (Lipinski definition) is 1. The number of nitrogens with zero attached hydrogens (tertiary/aromatic N) is 3. The van der Waals surface area contributed by atoms with Crippen molar-refractivity contribution in [3.63, 3.8) is 0 Å². The van der Waals surface area contributed by atoms with Gasteiger partial charge in [-0.05, 0) is 60.2 Å². The lowest BCUT2D eigenvalue weighted by atomic mass is 9.92. The summed E-state index contributed by atoms with van der Waals surface area (Å²) in [4.78, 5) is 26.4. The van der Waals surface area contributed by atoms with Crippen LogP contribution in [-0.2, 0) is 10.4 Å². The molecule has 1 fully saturated rings. The third kappa shape index (κ3) is 6.44. The fourth-order valence-corrected chi connectivity index (χ4v) is 6.65. The van der Waals surface area contributed by atoms with Crippen molar-refractivity contribution in [3.05, 3.63) is 58.1 Å². The third-order valence-corrected chi connectivity index (χ3v) is 8.38. The topological polar surface area (TPSA) is 57.7 Å². The number of nitrogens with one attached hydrogen (secondary N) is 1. The molecule has 1 aromatic heterocycles. The number of hydrogen-bond acceptors (Lipinski definition) is 5. The first-order valence-electron chi connectivity index (χ1n) is 11.5. The first-order chi connectivity index (χ1) is 16.3. The lowest BCUT2D eigenvalue weighted by molar-refractivity contribution is -0.165. The molecule has 2 atom stereocenters. The zero-order valence-electron chi connectivity index (χ0n) is 20.6. The van der Waals surface area contributed by atoms with Gasteiger partial charge in [0.2, 0.25) is 0 Å². The number of amides is 1. The SMILES string of the molecule is C[C@H]1CN(c2cc(F)c(Br)cc2[C@](C[Si](C)(C)C)(ONC(=O)c2cccnc2)C(F)F)CCN1C. The van der Waals surface area contributed by atoms with Gasteiger partial charge in [-0.25, -0.2) is 18.7 Å². The molecule has 1 aliphatic heterocycles. The Labute approximate surface area is 213 Å². The quantitative estimate of drug-likeness (QED) is 0.344. The Bertz CT molecular complexity index is 1040. The van der Waals surface area contributed by atoms with Gasteiger partial charge in [0.15, 0.2) is 5.60 Å². The minimum Gasteiger partial charge on any atom is -0.368 e. The normalized spacial score (nSPS) is 19.0.